The number of carbonyl (C=O) groups is 1. The van der Waals surface area contributed by atoms with E-state index >= 15 is 0 Å². The van der Waals surface area contributed by atoms with Crippen molar-refractivity contribution in [2.75, 3.05) is 27.2 Å². The minimum Gasteiger partial charge on any atom is -0.507 e. The fourth-order valence-corrected chi connectivity index (χ4v) is 1.41. The number of nitrogens with zero attached hydrogens (tertiary/aromatic N) is 1. The van der Waals surface area contributed by atoms with Crippen LogP contribution in [0.5, 0.6) is 5.75 Å². The zero-order valence-electron chi connectivity index (χ0n) is 9.95. The summed E-state index contributed by atoms with van der Waals surface area (Å²) in [5.74, 6) is -0.122. The molecule has 0 aliphatic carbocycles. The monoisotopic (exact) mass is 222 g/mol. The summed E-state index contributed by atoms with van der Waals surface area (Å²) in [6.07, 6.45) is 0. The van der Waals surface area contributed by atoms with Crippen LogP contribution in [-0.2, 0) is 0 Å². The molecule has 0 fully saturated rings. The summed E-state index contributed by atoms with van der Waals surface area (Å²) < 4.78 is 0. The molecule has 1 rings (SSSR count). The number of benzene rings is 1. The molecule has 0 aliphatic rings. The van der Waals surface area contributed by atoms with Gasteiger partial charge in [0.25, 0.3) is 5.91 Å². The average Bonchev–Trinajstić information content (AvgIpc) is 2.28. The van der Waals surface area contributed by atoms with Gasteiger partial charge in [0, 0.05) is 20.1 Å². The molecular formula is C12H18N2O2. The highest BCUT2D eigenvalue weighted by atomic mass is 16.3. The van der Waals surface area contributed by atoms with E-state index in [1.54, 1.807) is 30.1 Å². The second-order valence-corrected chi connectivity index (χ2v) is 3.85. The van der Waals surface area contributed by atoms with Gasteiger partial charge in [0.15, 0.2) is 0 Å². The SMILES string of the molecule is CNCCN(C)C(=O)c1cc(C)ccc1O. The molecule has 0 saturated heterocycles. The van der Waals surface area contributed by atoms with E-state index in [-0.39, 0.29) is 11.7 Å². The van der Waals surface area contributed by atoms with Crippen molar-refractivity contribution in [2.24, 2.45) is 0 Å². The van der Waals surface area contributed by atoms with Crippen molar-refractivity contribution >= 4 is 5.91 Å². The summed E-state index contributed by atoms with van der Waals surface area (Å²) in [6, 6.07) is 5.03. The molecule has 0 spiro atoms. The Morgan fingerprint density at radius 2 is 2.19 bits per heavy atom. The van der Waals surface area contributed by atoms with Crippen molar-refractivity contribution in [1.29, 1.82) is 0 Å². The van der Waals surface area contributed by atoms with Crippen molar-refractivity contribution in [3.63, 3.8) is 0 Å². The minimum atomic E-state index is -0.156. The van der Waals surface area contributed by atoms with Crippen molar-refractivity contribution in [3.05, 3.63) is 29.3 Å². The fraction of sp³-hybridized carbons (Fsp3) is 0.417. The van der Waals surface area contributed by atoms with Gasteiger partial charge in [-0.1, -0.05) is 11.6 Å². The number of likely N-dealkylation sites (N-methyl/N-ethyl adjacent to an activating group) is 2. The van der Waals surface area contributed by atoms with Crippen LogP contribution in [0, 0.1) is 6.92 Å². The van der Waals surface area contributed by atoms with Gasteiger partial charge < -0.3 is 15.3 Å². The summed E-state index contributed by atoms with van der Waals surface area (Å²) >= 11 is 0. The maximum Gasteiger partial charge on any atom is 0.257 e. The molecule has 0 aromatic heterocycles. The van der Waals surface area contributed by atoms with Crippen LogP contribution in [-0.4, -0.2) is 43.1 Å². The first kappa shape index (κ1) is 12.5. The molecule has 1 amide bonds. The lowest BCUT2D eigenvalue weighted by Gasteiger charge is -2.17. The largest absolute Gasteiger partial charge is 0.507 e. The Kier molecular flexibility index (Phi) is 4.31. The highest BCUT2D eigenvalue weighted by molar-refractivity contribution is 5.96. The molecule has 4 heteroatoms. The van der Waals surface area contributed by atoms with Crippen molar-refractivity contribution in [2.45, 2.75) is 6.92 Å². The molecule has 0 aliphatic heterocycles. The van der Waals surface area contributed by atoms with Gasteiger partial charge in [-0.2, -0.15) is 0 Å². The molecule has 4 nitrogen and oxygen atoms in total. The van der Waals surface area contributed by atoms with E-state index in [1.807, 2.05) is 14.0 Å². The molecule has 1 aromatic carbocycles. The third-order valence-electron chi connectivity index (χ3n) is 2.43. The normalized spacial score (nSPS) is 10.2. The first-order valence-electron chi connectivity index (χ1n) is 5.26. The first-order chi connectivity index (χ1) is 7.56. The van der Waals surface area contributed by atoms with Crippen molar-refractivity contribution in [1.82, 2.24) is 10.2 Å². The molecule has 88 valence electrons. The van der Waals surface area contributed by atoms with E-state index in [2.05, 4.69) is 5.32 Å². The van der Waals surface area contributed by atoms with Crippen LogP contribution in [0.1, 0.15) is 15.9 Å². The Morgan fingerprint density at radius 3 is 2.81 bits per heavy atom. The van der Waals surface area contributed by atoms with Crippen LogP contribution in [0.4, 0.5) is 0 Å². The Balaban J connectivity index is 2.83. The van der Waals surface area contributed by atoms with Gasteiger partial charge in [0.2, 0.25) is 0 Å². The summed E-state index contributed by atoms with van der Waals surface area (Å²) in [5.41, 5.74) is 1.32. The topological polar surface area (TPSA) is 52.6 Å². The predicted octanol–water partition coefficient (Wildman–Crippen LogP) is 0.992. The molecule has 0 bridgehead atoms. The first-order valence-corrected chi connectivity index (χ1v) is 5.26. The second-order valence-electron chi connectivity index (χ2n) is 3.85. The van der Waals surface area contributed by atoms with Crippen molar-refractivity contribution in [3.8, 4) is 5.75 Å². The second kappa shape index (κ2) is 5.51. The molecule has 0 radical (unpaired) electrons. The Hall–Kier alpha value is -1.55. The van der Waals surface area contributed by atoms with E-state index in [0.29, 0.717) is 12.1 Å². The van der Waals surface area contributed by atoms with Crippen LogP contribution in [0.2, 0.25) is 0 Å². The number of rotatable bonds is 4. The Morgan fingerprint density at radius 1 is 1.50 bits per heavy atom. The van der Waals surface area contributed by atoms with Gasteiger partial charge in [-0.15, -0.1) is 0 Å². The van der Waals surface area contributed by atoms with E-state index in [9.17, 15) is 9.90 Å². The van der Waals surface area contributed by atoms with Crippen LogP contribution in [0.25, 0.3) is 0 Å². The molecule has 2 N–H and O–H groups in total. The smallest absolute Gasteiger partial charge is 0.257 e. The van der Waals surface area contributed by atoms with E-state index in [4.69, 9.17) is 0 Å². The maximum atomic E-state index is 12.0. The lowest BCUT2D eigenvalue weighted by Crippen LogP contribution is -2.32. The number of hydrogen-bond acceptors (Lipinski definition) is 3. The maximum absolute atomic E-state index is 12.0. The number of phenolic OH excluding ortho intramolecular Hbond substituents is 1. The van der Waals surface area contributed by atoms with Crippen molar-refractivity contribution < 1.29 is 9.90 Å². The third kappa shape index (κ3) is 2.97. The molecule has 0 atom stereocenters. The minimum absolute atomic E-state index is 0.0342. The molecule has 16 heavy (non-hydrogen) atoms. The number of phenols is 1. The Bertz CT molecular complexity index is 377. The van der Waals surface area contributed by atoms with Gasteiger partial charge in [0.1, 0.15) is 5.75 Å². The Labute approximate surface area is 95.9 Å². The molecule has 0 unspecified atom stereocenters. The number of amides is 1. The highest BCUT2D eigenvalue weighted by Crippen LogP contribution is 2.19. The highest BCUT2D eigenvalue weighted by Gasteiger charge is 2.15. The number of hydrogen-bond donors (Lipinski definition) is 2. The van der Waals surface area contributed by atoms with E-state index in [0.717, 1.165) is 12.1 Å². The van der Waals surface area contributed by atoms with Gasteiger partial charge in [-0.3, -0.25) is 4.79 Å². The molecule has 1 aromatic rings. The van der Waals surface area contributed by atoms with Gasteiger partial charge >= 0.3 is 0 Å². The summed E-state index contributed by atoms with van der Waals surface area (Å²) in [6.45, 7) is 3.24. The van der Waals surface area contributed by atoms with E-state index < -0.39 is 0 Å². The summed E-state index contributed by atoms with van der Waals surface area (Å²) in [7, 11) is 3.56. The molecule has 0 saturated carbocycles. The van der Waals surface area contributed by atoms with Gasteiger partial charge in [-0.25, -0.2) is 0 Å². The van der Waals surface area contributed by atoms with Crippen LogP contribution < -0.4 is 5.32 Å². The average molecular weight is 222 g/mol. The zero-order chi connectivity index (χ0) is 12.1. The lowest BCUT2D eigenvalue weighted by molar-refractivity contribution is 0.0794. The lowest BCUT2D eigenvalue weighted by atomic mass is 10.1. The summed E-state index contributed by atoms with van der Waals surface area (Å²) in [4.78, 5) is 13.6. The quantitative estimate of drug-likeness (QED) is 0.799. The fourth-order valence-electron chi connectivity index (χ4n) is 1.41. The number of carbonyl (C=O) groups excluding carboxylic acids is 1. The molecule has 0 heterocycles. The van der Waals surface area contributed by atoms with Crippen LogP contribution >= 0.6 is 0 Å². The number of nitrogens with one attached hydrogen (secondary N) is 1. The number of aryl methyl sites for hydroxylation is 1. The zero-order valence-corrected chi connectivity index (χ0v) is 9.95. The van der Waals surface area contributed by atoms with Crippen LogP contribution in [0.3, 0.4) is 0 Å². The molecular weight excluding hydrogens is 204 g/mol. The third-order valence-corrected chi connectivity index (χ3v) is 2.43. The van der Waals surface area contributed by atoms with Crippen LogP contribution in [0.15, 0.2) is 18.2 Å². The van der Waals surface area contributed by atoms with Gasteiger partial charge in [-0.05, 0) is 26.1 Å². The number of aromatic hydroxyl groups is 1. The van der Waals surface area contributed by atoms with E-state index in [1.165, 1.54) is 0 Å². The standard InChI is InChI=1S/C12H18N2O2/c1-9-4-5-11(15)10(8-9)12(16)14(3)7-6-13-2/h4-5,8,13,15H,6-7H2,1-3H3. The van der Waals surface area contributed by atoms with Gasteiger partial charge in [0.05, 0.1) is 5.56 Å². The predicted molar refractivity (Wildman–Crippen MR) is 63.7 cm³/mol. The summed E-state index contributed by atoms with van der Waals surface area (Å²) in [5, 5.41) is 12.6.